The minimum absolute atomic E-state index is 0.0457. The van der Waals surface area contributed by atoms with Gasteiger partial charge in [0.2, 0.25) is 5.91 Å². The normalized spacial score (nSPS) is 14.4. The van der Waals surface area contributed by atoms with Gasteiger partial charge in [0, 0.05) is 18.9 Å². The van der Waals surface area contributed by atoms with E-state index in [1.807, 2.05) is 20.8 Å². The molecule has 5 rings (SSSR count). The number of nitrogens with zero attached hydrogens (tertiary/aromatic N) is 5. The lowest BCUT2D eigenvalue weighted by Crippen LogP contribution is -2.66. The summed E-state index contributed by atoms with van der Waals surface area (Å²) < 4.78 is 23.2. The smallest absolute Gasteiger partial charge is 0.322 e. The number of aromatic nitrogens is 4. The second kappa shape index (κ2) is 10.7. The number of carbonyl (C=O) groups excluding carboxylic acids is 1. The van der Waals surface area contributed by atoms with Crippen LogP contribution >= 0.6 is 11.6 Å². The fourth-order valence-electron chi connectivity index (χ4n) is 5.26. The summed E-state index contributed by atoms with van der Waals surface area (Å²) in [6.07, 6.45) is 2.85. The van der Waals surface area contributed by atoms with Crippen molar-refractivity contribution in [1.82, 2.24) is 24.0 Å². The van der Waals surface area contributed by atoms with E-state index in [2.05, 4.69) is 11.6 Å². The standard InChI is InChI=1S/C30H29ClFN5O4/c1-6-23(38)35-14-30(15-35,41-5)16-36-22-13-20(31)25(19-9-7-8-10-21(19)32)34-27(22)37(29(40)28(36)39)26-18(4)11-12-33-24(26)17(2)3/h6-13,17H,1,14-16H2,2-5H3. The number of pyridine rings is 2. The van der Waals surface area contributed by atoms with Crippen molar-refractivity contribution in [3.8, 4) is 16.9 Å². The van der Waals surface area contributed by atoms with E-state index in [0.29, 0.717) is 16.9 Å². The van der Waals surface area contributed by atoms with Gasteiger partial charge >= 0.3 is 11.1 Å². The van der Waals surface area contributed by atoms with Crippen LogP contribution in [0.5, 0.6) is 0 Å². The Hall–Kier alpha value is -4.15. The first-order chi connectivity index (χ1) is 19.5. The SMILES string of the molecule is C=CC(=O)N1CC(Cn2c(=O)c(=O)n(-c3c(C)ccnc3C(C)C)c3nc(-c4ccccc4F)c(Cl)cc32)(OC)C1. The van der Waals surface area contributed by atoms with Gasteiger partial charge in [0.25, 0.3) is 0 Å². The van der Waals surface area contributed by atoms with Crippen LogP contribution < -0.4 is 11.1 Å². The van der Waals surface area contributed by atoms with E-state index in [9.17, 15) is 18.8 Å². The molecule has 0 bridgehead atoms. The third kappa shape index (κ3) is 4.76. The maximum absolute atomic E-state index is 14.9. The highest BCUT2D eigenvalue weighted by molar-refractivity contribution is 6.33. The van der Waals surface area contributed by atoms with Crippen molar-refractivity contribution < 1.29 is 13.9 Å². The number of halogens is 2. The van der Waals surface area contributed by atoms with Crippen LogP contribution in [0, 0.1) is 12.7 Å². The lowest BCUT2D eigenvalue weighted by molar-refractivity contribution is -0.160. The van der Waals surface area contributed by atoms with Crippen LogP contribution in [0.3, 0.4) is 0 Å². The second-order valence-corrected chi connectivity index (χ2v) is 10.9. The summed E-state index contributed by atoms with van der Waals surface area (Å²) in [6.45, 7) is 9.55. The van der Waals surface area contributed by atoms with Crippen molar-refractivity contribution in [3.05, 3.63) is 98.1 Å². The molecule has 0 spiro atoms. The number of rotatable bonds is 7. The summed E-state index contributed by atoms with van der Waals surface area (Å²) in [5, 5.41) is 0.0940. The van der Waals surface area contributed by atoms with Crippen LogP contribution in [-0.4, -0.2) is 55.7 Å². The molecule has 1 aromatic carbocycles. The summed E-state index contributed by atoms with van der Waals surface area (Å²) >= 11 is 6.68. The Kier molecular flexibility index (Phi) is 7.39. The molecule has 1 aliphatic heterocycles. The summed E-state index contributed by atoms with van der Waals surface area (Å²) in [6, 6.07) is 9.31. The molecule has 0 radical (unpaired) electrons. The molecule has 41 heavy (non-hydrogen) atoms. The highest BCUT2D eigenvalue weighted by Gasteiger charge is 2.46. The van der Waals surface area contributed by atoms with Crippen molar-refractivity contribution in [2.75, 3.05) is 20.2 Å². The molecule has 212 valence electrons. The van der Waals surface area contributed by atoms with Gasteiger partial charge in [-0.25, -0.2) is 9.37 Å². The molecule has 11 heteroatoms. The maximum atomic E-state index is 14.9. The number of ether oxygens (including phenoxy) is 1. The number of aryl methyl sites for hydroxylation is 1. The zero-order chi connectivity index (χ0) is 29.6. The summed E-state index contributed by atoms with van der Waals surface area (Å²) in [5.41, 5.74) is -0.235. The average Bonchev–Trinajstić information content (AvgIpc) is 2.93. The topological polar surface area (TPSA) is 99.3 Å². The molecule has 0 unspecified atom stereocenters. The lowest BCUT2D eigenvalue weighted by atomic mass is 9.93. The number of benzene rings is 1. The molecule has 0 aliphatic carbocycles. The zero-order valence-electron chi connectivity index (χ0n) is 23.1. The Morgan fingerprint density at radius 1 is 1.22 bits per heavy atom. The molecule has 4 aromatic rings. The predicted molar refractivity (Wildman–Crippen MR) is 155 cm³/mol. The van der Waals surface area contributed by atoms with Gasteiger partial charge in [0.05, 0.1) is 47.2 Å². The van der Waals surface area contributed by atoms with Gasteiger partial charge in [0.1, 0.15) is 11.4 Å². The lowest BCUT2D eigenvalue weighted by Gasteiger charge is -2.48. The van der Waals surface area contributed by atoms with Crippen molar-refractivity contribution in [1.29, 1.82) is 0 Å². The molecule has 0 saturated carbocycles. The van der Waals surface area contributed by atoms with E-state index in [1.54, 1.807) is 30.5 Å². The third-order valence-corrected chi connectivity index (χ3v) is 7.74. The van der Waals surface area contributed by atoms with E-state index in [0.717, 1.165) is 0 Å². The highest BCUT2D eigenvalue weighted by Crippen LogP contribution is 2.34. The zero-order valence-corrected chi connectivity index (χ0v) is 23.9. The maximum Gasteiger partial charge on any atom is 0.322 e. The van der Waals surface area contributed by atoms with E-state index in [-0.39, 0.29) is 58.9 Å². The van der Waals surface area contributed by atoms with Crippen molar-refractivity contribution in [2.24, 2.45) is 0 Å². The number of fused-ring (bicyclic) bond motifs is 1. The van der Waals surface area contributed by atoms with Crippen molar-refractivity contribution >= 4 is 28.7 Å². The van der Waals surface area contributed by atoms with E-state index in [4.69, 9.17) is 21.3 Å². The largest absolute Gasteiger partial charge is 0.373 e. The Morgan fingerprint density at radius 2 is 1.93 bits per heavy atom. The minimum atomic E-state index is -0.932. The molecular weight excluding hydrogens is 549 g/mol. The summed E-state index contributed by atoms with van der Waals surface area (Å²) in [7, 11) is 1.49. The molecule has 1 amide bonds. The Balaban J connectivity index is 1.84. The number of carbonyl (C=O) groups is 1. The fourth-order valence-corrected chi connectivity index (χ4v) is 5.50. The second-order valence-electron chi connectivity index (χ2n) is 10.5. The number of likely N-dealkylation sites (tertiary alicyclic amines) is 1. The number of methoxy groups -OCH3 is 1. The van der Waals surface area contributed by atoms with Gasteiger partial charge < -0.3 is 9.64 Å². The van der Waals surface area contributed by atoms with E-state index in [1.165, 1.54) is 39.4 Å². The van der Waals surface area contributed by atoms with Crippen LogP contribution in [0.4, 0.5) is 4.39 Å². The first-order valence-corrected chi connectivity index (χ1v) is 13.4. The monoisotopic (exact) mass is 577 g/mol. The molecule has 1 aliphatic rings. The van der Waals surface area contributed by atoms with E-state index < -0.39 is 22.5 Å². The fraction of sp³-hybridized carbons (Fsp3) is 0.300. The van der Waals surface area contributed by atoms with Gasteiger partial charge in [-0.1, -0.05) is 44.2 Å². The summed E-state index contributed by atoms with van der Waals surface area (Å²) in [4.78, 5) is 50.7. The van der Waals surface area contributed by atoms with Gasteiger partial charge in [0.15, 0.2) is 5.65 Å². The number of hydrogen-bond acceptors (Lipinski definition) is 6. The first kappa shape index (κ1) is 28.4. The Labute approximate surface area is 240 Å². The number of hydrogen-bond donors (Lipinski definition) is 0. The molecule has 1 saturated heterocycles. The predicted octanol–water partition coefficient (Wildman–Crippen LogP) is 4.25. The van der Waals surface area contributed by atoms with Gasteiger partial charge in [-0.15, -0.1) is 0 Å². The molecular formula is C30H29ClFN5O4. The van der Waals surface area contributed by atoms with Crippen molar-refractivity contribution in [2.45, 2.75) is 38.8 Å². The molecule has 0 N–H and O–H groups in total. The van der Waals surface area contributed by atoms with Gasteiger partial charge in [-0.2, -0.15) is 0 Å². The molecule has 3 aromatic heterocycles. The Morgan fingerprint density at radius 3 is 2.56 bits per heavy atom. The molecule has 9 nitrogen and oxygen atoms in total. The van der Waals surface area contributed by atoms with Gasteiger partial charge in [-0.05, 0) is 48.7 Å². The van der Waals surface area contributed by atoms with Gasteiger partial charge in [-0.3, -0.25) is 28.5 Å². The summed E-state index contributed by atoms with van der Waals surface area (Å²) in [5.74, 6) is -0.894. The van der Waals surface area contributed by atoms with Crippen molar-refractivity contribution in [3.63, 3.8) is 0 Å². The van der Waals surface area contributed by atoms with E-state index >= 15 is 0 Å². The van der Waals surface area contributed by atoms with Crippen LogP contribution in [0.25, 0.3) is 28.1 Å². The number of amides is 1. The van der Waals surface area contributed by atoms with Crippen LogP contribution in [-0.2, 0) is 16.1 Å². The minimum Gasteiger partial charge on any atom is -0.373 e. The molecule has 0 atom stereocenters. The Bertz CT molecular complexity index is 1820. The average molecular weight is 578 g/mol. The van der Waals surface area contributed by atoms with Crippen LogP contribution in [0.15, 0.2) is 64.8 Å². The van der Waals surface area contributed by atoms with Crippen LogP contribution in [0.2, 0.25) is 5.02 Å². The molecule has 1 fully saturated rings. The highest BCUT2D eigenvalue weighted by atomic mass is 35.5. The quantitative estimate of drug-likeness (QED) is 0.241. The van der Waals surface area contributed by atoms with Crippen LogP contribution in [0.1, 0.15) is 31.0 Å². The third-order valence-electron chi connectivity index (χ3n) is 7.45. The molecule has 4 heterocycles. The first-order valence-electron chi connectivity index (χ1n) is 13.0.